The molecule has 0 unspecified atom stereocenters. The third-order valence-electron chi connectivity index (χ3n) is 2.41. The van der Waals surface area contributed by atoms with Gasteiger partial charge in [-0.1, -0.05) is 17.7 Å². The van der Waals surface area contributed by atoms with E-state index in [2.05, 4.69) is 0 Å². The van der Waals surface area contributed by atoms with Gasteiger partial charge in [0.15, 0.2) is 0 Å². The zero-order valence-corrected chi connectivity index (χ0v) is 7.31. The van der Waals surface area contributed by atoms with Crippen LogP contribution < -0.4 is 0 Å². The Bertz CT molecular complexity index is 287. The second-order valence-corrected chi connectivity index (χ2v) is 3.74. The van der Waals surface area contributed by atoms with Crippen LogP contribution in [0.4, 0.5) is 4.39 Å². The van der Waals surface area contributed by atoms with Crippen molar-refractivity contribution in [2.75, 3.05) is 0 Å². The summed E-state index contributed by atoms with van der Waals surface area (Å²) in [7, 11) is 0. The molecular formula is C11H13F. The van der Waals surface area contributed by atoms with E-state index in [0.717, 1.165) is 23.5 Å². The Hall–Kier alpha value is -0.850. The van der Waals surface area contributed by atoms with Crippen LogP contribution in [0, 0.1) is 18.7 Å². The maximum absolute atomic E-state index is 13.2. The first kappa shape index (κ1) is 7.78. The van der Waals surface area contributed by atoms with Crippen molar-refractivity contribution in [1.82, 2.24) is 0 Å². The highest BCUT2D eigenvalue weighted by Crippen LogP contribution is 2.33. The quantitative estimate of drug-likeness (QED) is 0.630. The highest BCUT2D eigenvalue weighted by Gasteiger charge is 2.22. The predicted octanol–water partition coefficient (Wildman–Crippen LogP) is 3.09. The lowest BCUT2D eigenvalue weighted by Crippen LogP contribution is -1.92. The van der Waals surface area contributed by atoms with Crippen molar-refractivity contribution >= 4 is 0 Å². The topological polar surface area (TPSA) is 0 Å². The normalized spacial score (nSPS) is 16.5. The van der Waals surface area contributed by atoms with E-state index < -0.39 is 0 Å². The van der Waals surface area contributed by atoms with Gasteiger partial charge in [0.05, 0.1) is 0 Å². The second-order valence-electron chi connectivity index (χ2n) is 3.74. The number of halogens is 1. The highest BCUT2D eigenvalue weighted by molar-refractivity contribution is 5.24. The molecule has 0 atom stereocenters. The van der Waals surface area contributed by atoms with Crippen LogP contribution in [0.2, 0.25) is 0 Å². The van der Waals surface area contributed by atoms with E-state index >= 15 is 0 Å². The van der Waals surface area contributed by atoms with Crippen molar-refractivity contribution in [3.8, 4) is 0 Å². The Labute approximate surface area is 72.4 Å². The smallest absolute Gasteiger partial charge is 0.126 e. The number of benzene rings is 1. The van der Waals surface area contributed by atoms with Crippen LogP contribution in [0.1, 0.15) is 24.0 Å². The molecule has 1 saturated carbocycles. The fourth-order valence-corrected chi connectivity index (χ4v) is 1.49. The van der Waals surface area contributed by atoms with Gasteiger partial charge in [-0.2, -0.15) is 0 Å². The van der Waals surface area contributed by atoms with Gasteiger partial charge in [-0.25, -0.2) is 4.39 Å². The number of hydrogen-bond donors (Lipinski definition) is 0. The molecule has 0 aromatic heterocycles. The van der Waals surface area contributed by atoms with Gasteiger partial charge in [0.1, 0.15) is 5.82 Å². The molecule has 1 aromatic carbocycles. The molecule has 0 amide bonds. The Morgan fingerprint density at radius 1 is 1.42 bits per heavy atom. The molecule has 0 heterocycles. The lowest BCUT2D eigenvalue weighted by molar-refractivity contribution is 0.601. The summed E-state index contributed by atoms with van der Waals surface area (Å²) in [6.45, 7) is 2.01. The Morgan fingerprint density at radius 3 is 2.83 bits per heavy atom. The summed E-state index contributed by atoms with van der Waals surface area (Å²) in [5.41, 5.74) is 2.06. The SMILES string of the molecule is Cc1ccc(F)c(CC2CC2)c1. The standard InChI is InChI=1S/C11H13F/c1-8-2-5-11(12)10(6-8)7-9-3-4-9/h2,5-6,9H,3-4,7H2,1H3. The lowest BCUT2D eigenvalue weighted by Gasteiger charge is -2.02. The van der Waals surface area contributed by atoms with Crippen LogP contribution in [-0.2, 0) is 6.42 Å². The molecule has 2 rings (SSSR count). The van der Waals surface area contributed by atoms with Gasteiger partial charge in [0, 0.05) is 0 Å². The third kappa shape index (κ3) is 1.66. The molecule has 0 N–H and O–H groups in total. The highest BCUT2D eigenvalue weighted by atomic mass is 19.1. The van der Waals surface area contributed by atoms with Crippen LogP contribution in [0.5, 0.6) is 0 Å². The maximum atomic E-state index is 13.2. The van der Waals surface area contributed by atoms with Gasteiger partial charge in [-0.05, 0) is 43.7 Å². The molecule has 12 heavy (non-hydrogen) atoms. The van der Waals surface area contributed by atoms with Crippen molar-refractivity contribution in [1.29, 1.82) is 0 Å². The van der Waals surface area contributed by atoms with Gasteiger partial charge in [-0.3, -0.25) is 0 Å². The van der Waals surface area contributed by atoms with Crippen LogP contribution in [0.3, 0.4) is 0 Å². The van der Waals surface area contributed by atoms with Crippen LogP contribution in [-0.4, -0.2) is 0 Å². The minimum absolute atomic E-state index is 0.0347. The predicted molar refractivity (Wildman–Crippen MR) is 47.6 cm³/mol. The number of hydrogen-bond acceptors (Lipinski definition) is 0. The first-order valence-electron chi connectivity index (χ1n) is 4.51. The van der Waals surface area contributed by atoms with E-state index in [0.29, 0.717) is 0 Å². The Balaban J connectivity index is 2.21. The largest absolute Gasteiger partial charge is 0.207 e. The molecule has 0 bridgehead atoms. The summed E-state index contributed by atoms with van der Waals surface area (Å²) in [5.74, 6) is 0.730. The molecule has 0 radical (unpaired) electrons. The fourth-order valence-electron chi connectivity index (χ4n) is 1.49. The zero-order valence-electron chi connectivity index (χ0n) is 7.31. The summed E-state index contributed by atoms with van der Waals surface area (Å²) >= 11 is 0. The molecule has 1 aromatic rings. The summed E-state index contributed by atoms with van der Waals surface area (Å²) in [5, 5.41) is 0. The molecule has 0 spiro atoms. The van der Waals surface area contributed by atoms with Crippen molar-refractivity contribution in [3.05, 3.63) is 35.1 Å². The van der Waals surface area contributed by atoms with E-state index in [4.69, 9.17) is 0 Å². The summed E-state index contributed by atoms with van der Waals surface area (Å²) in [6.07, 6.45) is 3.51. The number of rotatable bonds is 2. The average molecular weight is 164 g/mol. The molecule has 64 valence electrons. The molecule has 1 heteroatoms. The fraction of sp³-hybridized carbons (Fsp3) is 0.455. The van der Waals surface area contributed by atoms with E-state index in [1.165, 1.54) is 12.8 Å². The van der Waals surface area contributed by atoms with Crippen molar-refractivity contribution in [2.45, 2.75) is 26.2 Å². The van der Waals surface area contributed by atoms with Crippen LogP contribution >= 0.6 is 0 Å². The van der Waals surface area contributed by atoms with Gasteiger partial charge < -0.3 is 0 Å². The Morgan fingerprint density at radius 2 is 2.17 bits per heavy atom. The minimum Gasteiger partial charge on any atom is -0.207 e. The first-order valence-corrected chi connectivity index (χ1v) is 4.51. The third-order valence-corrected chi connectivity index (χ3v) is 2.41. The van der Waals surface area contributed by atoms with Gasteiger partial charge in [-0.15, -0.1) is 0 Å². The molecule has 0 saturated heterocycles. The van der Waals surface area contributed by atoms with E-state index in [9.17, 15) is 4.39 Å². The molecule has 1 aliphatic carbocycles. The summed E-state index contributed by atoms with van der Waals surface area (Å²) in [6, 6.07) is 5.37. The minimum atomic E-state index is -0.0347. The van der Waals surface area contributed by atoms with E-state index in [1.54, 1.807) is 6.07 Å². The maximum Gasteiger partial charge on any atom is 0.126 e. The monoisotopic (exact) mass is 164 g/mol. The summed E-state index contributed by atoms with van der Waals surface area (Å²) < 4.78 is 13.2. The van der Waals surface area contributed by atoms with Crippen molar-refractivity contribution in [3.63, 3.8) is 0 Å². The van der Waals surface area contributed by atoms with Gasteiger partial charge in [0.25, 0.3) is 0 Å². The summed E-state index contributed by atoms with van der Waals surface area (Å²) in [4.78, 5) is 0. The zero-order chi connectivity index (χ0) is 8.55. The number of aryl methyl sites for hydroxylation is 1. The second kappa shape index (κ2) is 2.89. The lowest BCUT2D eigenvalue weighted by atomic mass is 10.1. The average Bonchev–Trinajstić information content (AvgIpc) is 2.81. The molecule has 1 aliphatic rings. The molecular weight excluding hydrogens is 151 g/mol. The molecule has 1 fully saturated rings. The first-order chi connectivity index (χ1) is 5.75. The van der Waals surface area contributed by atoms with Crippen molar-refractivity contribution < 1.29 is 4.39 Å². The Kier molecular flexibility index (Phi) is 1.87. The molecule has 0 nitrogen and oxygen atoms in total. The van der Waals surface area contributed by atoms with Gasteiger partial charge in [0.2, 0.25) is 0 Å². The van der Waals surface area contributed by atoms with E-state index in [-0.39, 0.29) is 5.82 Å². The van der Waals surface area contributed by atoms with Gasteiger partial charge >= 0.3 is 0 Å². The van der Waals surface area contributed by atoms with Crippen molar-refractivity contribution in [2.24, 2.45) is 5.92 Å². The molecule has 0 aliphatic heterocycles. The van der Waals surface area contributed by atoms with Crippen LogP contribution in [0.25, 0.3) is 0 Å². The van der Waals surface area contributed by atoms with Crippen LogP contribution in [0.15, 0.2) is 18.2 Å². The van der Waals surface area contributed by atoms with E-state index in [1.807, 2.05) is 19.1 Å².